The first-order valence-corrected chi connectivity index (χ1v) is 6.76. The standard InChI is InChI=1S/C16H22N2O/c1-4-18(12-16(2,3)19)11-13-7-8-15-14(10-13)6-5-9-17-15/h5-10,19H,4,11-12H2,1-3H3. The Labute approximate surface area is 114 Å². The van der Waals surface area contributed by atoms with E-state index in [9.17, 15) is 5.11 Å². The molecule has 3 nitrogen and oxygen atoms in total. The van der Waals surface area contributed by atoms with E-state index in [1.54, 1.807) is 0 Å². The third kappa shape index (κ3) is 4.01. The third-order valence-electron chi connectivity index (χ3n) is 3.13. The molecule has 1 N–H and O–H groups in total. The van der Waals surface area contributed by atoms with E-state index in [1.165, 1.54) is 10.9 Å². The van der Waals surface area contributed by atoms with E-state index in [2.05, 4.69) is 41.1 Å². The Morgan fingerprint density at radius 3 is 2.74 bits per heavy atom. The van der Waals surface area contributed by atoms with Gasteiger partial charge in [0.2, 0.25) is 0 Å². The fourth-order valence-electron chi connectivity index (χ4n) is 2.31. The lowest BCUT2D eigenvalue weighted by Gasteiger charge is -2.28. The van der Waals surface area contributed by atoms with Crippen molar-refractivity contribution >= 4 is 10.9 Å². The van der Waals surface area contributed by atoms with Crippen LogP contribution in [0, 0.1) is 0 Å². The molecule has 1 aromatic heterocycles. The van der Waals surface area contributed by atoms with Crippen molar-refractivity contribution in [2.75, 3.05) is 13.1 Å². The molecule has 0 amide bonds. The van der Waals surface area contributed by atoms with Gasteiger partial charge in [0.1, 0.15) is 0 Å². The number of benzene rings is 1. The van der Waals surface area contributed by atoms with Gasteiger partial charge in [-0.15, -0.1) is 0 Å². The summed E-state index contributed by atoms with van der Waals surface area (Å²) < 4.78 is 0. The second-order valence-corrected chi connectivity index (χ2v) is 5.65. The van der Waals surface area contributed by atoms with Gasteiger partial charge < -0.3 is 5.11 Å². The molecule has 0 spiro atoms. The molecule has 0 bridgehead atoms. The number of pyridine rings is 1. The van der Waals surface area contributed by atoms with Crippen LogP contribution in [0.5, 0.6) is 0 Å². The molecule has 0 aliphatic rings. The molecule has 0 radical (unpaired) electrons. The normalized spacial score (nSPS) is 12.3. The number of aromatic nitrogens is 1. The smallest absolute Gasteiger partial charge is 0.0718 e. The summed E-state index contributed by atoms with van der Waals surface area (Å²) in [5.41, 5.74) is 1.62. The summed E-state index contributed by atoms with van der Waals surface area (Å²) >= 11 is 0. The molecule has 0 unspecified atom stereocenters. The Hall–Kier alpha value is -1.45. The summed E-state index contributed by atoms with van der Waals surface area (Å²) in [6.45, 7) is 8.27. The van der Waals surface area contributed by atoms with E-state index in [-0.39, 0.29) is 0 Å². The highest BCUT2D eigenvalue weighted by molar-refractivity contribution is 5.78. The number of likely N-dealkylation sites (N-methyl/N-ethyl adjacent to an activating group) is 1. The second-order valence-electron chi connectivity index (χ2n) is 5.65. The van der Waals surface area contributed by atoms with E-state index < -0.39 is 5.60 Å². The maximum atomic E-state index is 9.92. The lowest BCUT2D eigenvalue weighted by molar-refractivity contribution is 0.0353. The van der Waals surface area contributed by atoms with Crippen molar-refractivity contribution in [2.24, 2.45) is 0 Å². The summed E-state index contributed by atoms with van der Waals surface area (Å²) in [5, 5.41) is 11.1. The van der Waals surface area contributed by atoms with Crippen LogP contribution in [0.2, 0.25) is 0 Å². The van der Waals surface area contributed by atoms with Crippen LogP contribution in [0.1, 0.15) is 26.3 Å². The van der Waals surface area contributed by atoms with Crippen LogP contribution in [-0.2, 0) is 6.54 Å². The molecule has 0 aliphatic heterocycles. The highest BCUT2D eigenvalue weighted by atomic mass is 16.3. The molecule has 2 rings (SSSR count). The largest absolute Gasteiger partial charge is 0.389 e. The summed E-state index contributed by atoms with van der Waals surface area (Å²) in [4.78, 5) is 6.57. The maximum absolute atomic E-state index is 9.92. The lowest BCUT2D eigenvalue weighted by Crippen LogP contribution is -2.38. The molecule has 1 aromatic carbocycles. The summed E-state index contributed by atoms with van der Waals surface area (Å²) in [6.07, 6.45) is 1.81. The Morgan fingerprint density at radius 1 is 1.26 bits per heavy atom. The van der Waals surface area contributed by atoms with Crippen LogP contribution >= 0.6 is 0 Å². The van der Waals surface area contributed by atoms with Crippen LogP contribution in [0.4, 0.5) is 0 Å². The minimum atomic E-state index is -0.658. The van der Waals surface area contributed by atoms with Gasteiger partial charge in [0.25, 0.3) is 0 Å². The highest BCUT2D eigenvalue weighted by Gasteiger charge is 2.17. The molecule has 102 valence electrons. The fraction of sp³-hybridized carbons (Fsp3) is 0.438. The van der Waals surface area contributed by atoms with E-state index in [0.29, 0.717) is 6.54 Å². The average Bonchev–Trinajstić information content (AvgIpc) is 2.36. The van der Waals surface area contributed by atoms with Crippen molar-refractivity contribution in [3.05, 3.63) is 42.1 Å². The fourth-order valence-corrected chi connectivity index (χ4v) is 2.31. The number of hydrogen-bond acceptors (Lipinski definition) is 3. The minimum absolute atomic E-state index is 0.658. The molecular weight excluding hydrogens is 236 g/mol. The predicted octanol–water partition coefficient (Wildman–Crippen LogP) is 2.83. The molecule has 0 saturated carbocycles. The van der Waals surface area contributed by atoms with Crippen molar-refractivity contribution in [3.63, 3.8) is 0 Å². The predicted molar refractivity (Wildman–Crippen MR) is 79.0 cm³/mol. The molecule has 0 saturated heterocycles. The zero-order valence-electron chi connectivity index (χ0n) is 11.9. The molecule has 1 heterocycles. The summed E-state index contributed by atoms with van der Waals surface area (Å²) in [5.74, 6) is 0. The van der Waals surface area contributed by atoms with Gasteiger partial charge in [0.05, 0.1) is 11.1 Å². The number of fused-ring (bicyclic) bond motifs is 1. The van der Waals surface area contributed by atoms with Gasteiger partial charge in [-0.05, 0) is 44.2 Å². The average molecular weight is 258 g/mol. The Balaban J connectivity index is 2.15. The summed E-state index contributed by atoms with van der Waals surface area (Å²) in [6, 6.07) is 10.4. The van der Waals surface area contributed by atoms with E-state index in [4.69, 9.17) is 0 Å². The molecular formula is C16H22N2O. The monoisotopic (exact) mass is 258 g/mol. The first-order valence-electron chi connectivity index (χ1n) is 6.76. The van der Waals surface area contributed by atoms with Crippen molar-refractivity contribution in [3.8, 4) is 0 Å². The molecule has 2 aromatic rings. The van der Waals surface area contributed by atoms with Gasteiger partial charge in [-0.1, -0.05) is 19.1 Å². The quantitative estimate of drug-likeness (QED) is 0.896. The molecule has 0 atom stereocenters. The maximum Gasteiger partial charge on any atom is 0.0718 e. The Bertz CT molecular complexity index is 546. The van der Waals surface area contributed by atoms with E-state index in [0.717, 1.165) is 18.6 Å². The first-order chi connectivity index (χ1) is 8.98. The van der Waals surface area contributed by atoms with Crippen molar-refractivity contribution in [1.29, 1.82) is 0 Å². The van der Waals surface area contributed by atoms with Gasteiger partial charge in [0, 0.05) is 24.7 Å². The Morgan fingerprint density at radius 2 is 2.05 bits per heavy atom. The van der Waals surface area contributed by atoms with Crippen molar-refractivity contribution in [1.82, 2.24) is 9.88 Å². The number of aliphatic hydroxyl groups is 1. The van der Waals surface area contributed by atoms with Crippen LogP contribution in [0.25, 0.3) is 10.9 Å². The minimum Gasteiger partial charge on any atom is -0.389 e. The SMILES string of the molecule is CCN(Cc1ccc2ncccc2c1)CC(C)(C)O. The van der Waals surface area contributed by atoms with Crippen LogP contribution in [0.15, 0.2) is 36.5 Å². The second kappa shape index (κ2) is 5.68. The van der Waals surface area contributed by atoms with E-state index in [1.807, 2.05) is 26.1 Å². The summed E-state index contributed by atoms with van der Waals surface area (Å²) in [7, 11) is 0. The van der Waals surface area contributed by atoms with Crippen molar-refractivity contribution < 1.29 is 5.11 Å². The zero-order valence-corrected chi connectivity index (χ0v) is 11.9. The first kappa shape index (κ1) is 14.0. The van der Waals surface area contributed by atoms with Gasteiger partial charge in [-0.3, -0.25) is 9.88 Å². The van der Waals surface area contributed by atoms with Gasteiger partial charge >= 0.3 is 0 Å². The van der Waals surface area contributed by atoms with E-state index >= 15 is 0 Å². The zero-order chi connectivity index (χ0) is 13.9. The molecule has 0 aliphatic carbocycles. The lowest BCUT2D eigenvalue weighted by atomic mass is 10.1. The molecule has 3 heteroatoms. The number of nitrogens with zero attached hydrogens (tertiary/aromatic N) is 2. The highest BCUT2D eigenvalue weighted by Crippen LogP contribution is 2.16. The molecule has 19 heavy (non-hydrogen) atoms. The van der Waals surface area contributed by atoms with Crippen LogP contribution in [-0.4, -0.2) is 33.7 Å². The molecule has 0 fully saturated rings. The number of rotatable bonds is 5. The third-order valence-corrected chi connectivity index (χ3v) is 3.13. The van der Waals surface area contributed by atoms with Gasteiger partial charge in [0.15, 0.2) is 0 Å². The Kier molecular flexibility index (Phi) is 4.17. The van der Waals surface area contributed by atoms with Gasteiger partial charge in [-0.2, -0.15) is 0 Å². The van der Waals surface area contributed by atoms with Crippen LogP contribution in [0.3, 0.4) is 0 Å². The van der Waals surface area contributed by atoms with Crippen molar-refractivity contribution in [2.45, 2.75) is 32.9 Å². The number of hydrogen-bond donors (Lipinski definition) is 1. The topological polar surface area (TPSA) is 36.4 Å². The van der Waals surface area contributed by atoms with Crippen LogP contribution < -0.4 is 0 Å². The van der Waals surface area contributed by atoms with Gasteiger partial charge in [-0.25, -0.2) is 0 Å².